The molecule has 1 aromatic rings. The SMILES string of the molecule is C#CCN(CCC)C(=O)c1cc(Cl)ccc1N. The van der Waals surface area contributed by atoms with Gasteiger partial charge < -0.3 is 10.6 Å². The summed E-state index contributed by atoms with van der Waals surface area (Å²) in [5.74, 6) is 2.29. The van der Waals surface area contributed by atoms with Crippen LogP contribution in [-0.4, -0.2) is 23.9 Å². The van der Waals surface area contributed by atoms with Crippen molar-refractivity contribution >= 4 is 23.2 Å². The van der Waals surface area contributed by atoms with Crippen molar-refractivity contribution in [3.8, 4) is 12.3 Å². The van der Waals surface area contributed by atoms with Crippen LogP contribution in [-0.2, 0) is 0 Å². The molecule has 0 aliphatic heterocycles. The summed E-state index contributed by atoms with van der Waals surface area (Å²) in [6.07, 6.45) is 6.08. The number of rotatable bonds is 4. The predicted molar refractivity (Wildman–Crippen MR) is 70.9 cm³/mol. The molecule has 0 aliphatic carbocycles. The summed E-state index contributed by atoms with van der Waals surface area (Å²) in [6.45, 7) is 2.87. The van der Waals surface area contributed by atoms with E-state index in [0.717, 1.165) is 6.42 Å². The number of amides is 1. The molecule has 1 aromatic carbocycles. The summed E-state index contributed by atoms with van der Waals surface area (Å²) in [7, 11) is 0. The average molecular weight is 251 g/mol. The molecule has 0 atom stereocenters. The molecule has 0 saturated carbocycles. The van der Waals surface area contributed by atoms with Crippen LogP contribution in [0.25, 0.3) is 0 Å². The van der Waals surface area contributed by atoms with Crippen LogP contribution in [0.4, 0.5) is 5.69 Å². The molecule has 0 bridgehead atoms. The number of benzene rings is 1. The zero-order valence-corrected chi connectivity index (χ0v) is 10.5. The van der Waals surface area contributed by atoms with Crippen LogP contribution in [0.2, 0.25) is 5.02 Å². The third kappa shape index (κ3) is 3.40. The molecule has 1 rings (SSSR count). The topological polar surface area (TPSA) is 46.3 Å². The normalized spacial score (nSPS) is 9.71. The third-order valence-electron chi connectivity index (χ3n) is 2.31. The van der Waals surface area contributed by atoms with E-state index in [2.05, 4.69) is 5.92 Å². The van der Waals surface area contributed by atoms with Crippen LogP contribution in [0.15, 0.2) is 18.2 Å². The first kappa shape index (κ1) is 13.4. The van der Waals surface area contributed by atoms with Crippen molar-refractivity contribution in [2.45, 2.75) is 13.3 Å². The number of halogens is 1. The predicted octanol–water partition coefficient (Wildman–Crippen LogP) is 2.41. The average Bonchev–Trinajstić information content (AvgIpc) is 2.31. The first-order valence-corrected chi connectivity index (χ1v) is 5.75. The van der Waals surface area contributed by atoms with Gasteiger partial charge in [-0.15, -0.1) is 6.42 Å². The molecular formula is C13H15ClN2O. The Hall–Kier alpha value is -1.66. The Morgan fingerprint density at radius 1 is 1.59 bits per heavy atom. The molecule has 0 heterocycles. The molecule has 0 unspecified atom stereocenters. The number of carbonyl (C=O) groups excluding carboxylic acids is 1. The smallest absolute Gasteiger partial charge is 0.256 e. The first-order chi connectivity index (χ1) is 8.10. The van der Waals surface area contributed by atoms with Gasteiger partial charge in [0.15, 0.2) is 0 Å². The van der Waals surface area contributed by atoms with Gasteiger partial charge in [-0.25, -0.2) is 0 Å². The van der Waals surface area contributed by atoms with Gasteiger partial charge in [0, 0.05) is 17.3 Å². The highest BCUT2D eigenvalue weighted by molar-refractivity contribution is 6.31. The lowest BCUT2D eigenvalue weighted by Crippen LogP contribution is -2.32. The Bertz CT molecular complexity index is 451. The van der Waals surface area contributed by atoms with E-state index in [1.54, 1.807) is 23.1 Å². The summed E-state index contributed by atoms with van der Waals surface area (Å²) in [5, 5.41) is 0.486. The second kappa shape index (κ2) is 6.17. The summed E-state index contributed by atoms with van der Waals surface area (Å²) in [4.78, 5) is 13.8. The first-order valence-electron chi connectivity index (χ1n) is 5.38. The Labute approximate surface area is 107 Å². The number of carbonyl (C=O) groups is 1. The highest BCUT2D eigenvalue weighted by Gasteiger charge is 2.16. The van der Waals surface area contributed by atoms with Crippen LogP contribution in [0.3, 0.4) is 0 Å². The van der Waals surface area contributed by atoms with Crippen molar-refractivity contribution in [2.24, 2.45) is 0 Å². The van der Waals surface area contributed by atoms with Gasteiger partial charge in [0.2, 0.25) is 0 Å². The van der Waals surface area contributed by atoms with Crippen molar-refractivity contribution < 1.29 is 4.79 Å². The number of nitrogen functional groups attached to an aromatic ring is 1. The minimum absolute atomic E-state index is 0.176. The summed E-state index contributed by atoms with van der Waals surface area (Å²) in [6, 6.07) is 4.84. The molecule has 3 nitrogen and oxygen atoms in total. The number of nitrogens with zero attached hydrogens (tertiary/aromatic N) is 1. The van der Waals surface area contributed by atoms with E-state index in [1.165, 1.54) is 0 Å². The second-order valence-electron chi connectivity index (χ2n) is 3.66. The van der Waals surface area contributed by atoms with Crippen LogP contribution >= 0.6 is 11.6 Å². The molecular weight excluding hydrogens is 236 g/mol. The monoisotopic (exact) mass is 250 g/mol. The maximum Gasteiger partial charge on any atom is 0.256 e. The van der Waals surface area contributed by atoms with Crippen LogP contribution in [0.1, 0.15) is 23.7 Å². The molecule has 90 valence electrons. The van der Waals surface area contributed by atoms with Gasteiger partial charge in [0.25, 0.3) is 5.91 Å². The van der Waals surface area contributed by atoms with Crippen LogP contribution in [0, 0.1) is 12.3 Å². The molecule has 17 heavy (non-hydrogen) atoms. The van der Waals surface area contributed by atoms with Gasteiger partial charge in [-0.05, 0) is 24.6 Å². The molecule has 0 spiro atoms. The van der Waals surface area contributed by atoms with Crippen molar-refractivity contribution in [1.82, 2.24) is 4.90 Å². The minimum atomic E-state index is -0.176. The van der Waals surface area contributed by atoms with E-state index in [9.17, 15) is 4.79 Å². The standard InChI is InChI=1S/C13H15ClN2O/c1-3-7-16(8-4-2)13(17)11-9-10(14)5-6-12(11)15/h1,5-6,9H,4,7-8,15H2,2H3. The minimum Gasteiger partial charge on any atom is -0.398 e. The second-order valence-corrected chi connectivity index (χ2v) is 4.10. The fourth-order valence-corrected chi connectivity index (χ4v) is 1.69. The number of nitrogens with two attached hydrogens (primary N) is 1. The van der Waals surface area contributed by atoms with Gasteiger partial charge in [0.1, 0.15) is 0 Å². The third-order valence-corrected chi connectivity index (χ3v) is 2.54. The molecule has 1 amide bonds. The molecule has 0 aliphatic rings. The van der Waals surface area contributed by atoms with Gasteiger partial charge in [-0.1, -0.05) is 24.4 Å². The van der Waals surface area contributed by atoms with E-state index >= 15 is 0 Å². The largest absolute Gasteiger partial charge is 0.398 e. The molecule has 0 fully saturated rings. The highest BCUT2D eigenvalue weighted by Crippen LogP contribution is 2.19. The number of hydrogen-bond donors (Lipinski definition) is 1. The van der Waals surface area contributed by atoms with Crippen molar-refractivity contribution in [3.63, 3.8) is 0 Å². The lowest BCUT2D eigenvalue weighted by atomic mass is 10.1. The number of hydrogen-bond acceptors (Lipinski definition) is 2. The lowest BCUT2D eigenvalue weighted by Gasteiger charge is -2.20. The Morgan fingerprint density at radius 2 is 2.29 bits per heavy atom. The van der Waals surface area contributed by atoms with E-state index in [-0.39, 0.29) is 12.5 Å². The summed E-state index contributed by atoms with van der Waals surface area (Å²) in [5.41, 5.74) is 6.58. The maximum absolute atomic E-state index is 12.2. The summed E-state index contributed by atoms with van der Waals surface area (Å²) >= 11 is 5.85. The Kier molecular flexibility index (Phi) is 4.86. The zero-order chi connectivity index (χ0) is 12.8. The fraction of sp³-hybridized carbons (Fsp3) is 0.308. The molecule has 0 saturated heterocycles. The molecule has 2 N–H and O–H groups in total. The zero-order valence-electron chi connectivity index (χ0n) is 9.74. The van der Waals surface area contributed by atoms with E-state index in [4.69, 9.17) is 23.8 Å². The van der Waals surface area contributed by atoms with Gasteiger partial charge >= 0.3 is 0 Å². The van der Waals surface area contributed by atoms with Crippen molar-refractivity contribution in [2.75, 3.05) is 18.8 Å². The Balaban J connectivity index is 3.00. The number of anilines is 1. The fourth-order valence-electron chi connectivity index (χ4n) is 1.52. The van der Waals surface area contributed by atoms with E-state index < -0.39 is 0 Å². The molecule has 0 aromatic heterocycles. The highest BCUT2D eigenvalue weighted by atomic mass is 35.5. The van der Waals surface area contributed by atoms with Crippen LogP contribution in [0.5, 0.6) is 0 Å². The quantitative estimate of drug-likeness (QED) is 0.659. The van der Waals surface area contributed by atoms with E-state index in [1.807, 2.05) is 6.92 Å². The lowest BCUT2D eigenvalue weighted by molar-refractivity contribution is 0.0778. The molecule has 4 heteroatoms. The summed E-state index contributed by atoms with van der Waals surface area (Å²) < 4.78 is 0. The molecule has 0 radical (unpaired) electrons. The van der Waals surface area contributed by atoms with E-state index in [0.29, 0.717) is 22.8 Å². The van der Waals surface area contributed by atoms with Gasteiger partial charge in [-0.2, -0.15) is 0 Å². The Morgan fingerprint density at radius 3 is 2.88 bits per heavy atom. The van der Waals surface area contributed by atoms with Crippen molar-refractivity contribution in [1.29, 1.82) is 0 Å². The van der Waals surface area contributed by atoms with Crippen LogP contribution < -0.4 is 5.73 Å². The van der Waals surface area contributed by atoms with Crippen molar-refractivity contribution in [3.05, 3.63) is 28.8 Å². The van der Waals surface area contributed by atoms with Gasteiger partial charge in [-0.3, -0.25) is 4.79 Å². The number of terminal acetylenes is 1. The maximum atomic E-state index is 12.2. The van der Waals surface area contributed by atoms with Gasteiger partial charge in [0.05, 0.1) is 12.1 Å².